The zero-order chi connectivity index (χ0) is 23.1. The molecule has 0 atom stereocenters. The molecule has 0 aromatic heterocycles. The van der Waals surface area contributed by atoms with Gasteiger partial charge in [0.1, 0.15) is 0 Å². The standard InChI is InChI=1S/C27H43N3O2/c1-5-20(6-2)27(32)30(24-14-8-7-9-15-24)19-22-18-23(16-17-25(22)29(3)4)28-26(31)21-12-10-11-13-21/h16-18,20-21,24H,5-15,19H2,1-4H3,(H,28,31). The zero-order valence-corrected chi connectivity index (χ0v) is 20.7. The zero-order valence-electron chi connectivity index (χ0n) is 20.7. The normalized spacial score (nSPS) is 17.5. The highest BCUT2D eigenvalue weighted by Gasteiger charge is 2.30. The summed E-state index contributed by atoms with van der Waals surface area (Å²) < 4.78 is 0. The summed E-state index contributed by atoms with van der Waals surface area (Å²) in [5.41, 5.74) is 3.08. The van der Waals surface area contributed by atoms with Crippen molar-refractivity contribution in [2.24, 2.45) is 11.8 Å². The first-order valence-electron chi connectivity index (χ1n) is 12.9. The van der Waals surface area contributed by atoms with Crippen LogP contribution < -0.4 is 10.2 Å². The highest BCUT2D eigenvalue weighted by atomic mass is 16.2. The van der Waals surface area contributed by atoms with Crippen molar-refractivity contribution in [2.45, 2.75) is 97.1 Å². The fourth-order valence-corrected chi connectivity index (χ4v) is 5.49. The van der Waals surface area contributed by atoms with Gasteiger partial charge in [-0.05, 0) is 62.3 Å². The molecule has 2 aliphatic rings. The van der Waals surface area contributed by atoms with Crippen molar-refractivity contribution < 1.29 is 9.59 Å². The van der Waals surface area contributed by atoms with Gasteiger partial charge in [-0.15, -0.1) is 0 Å². The molecule has 0 radical (unpaired) electrons. The molecule has 3 rings (SSSR count). The van der Waals surface area contributed by atoms with E-state index in [2.05, 4.69) is 41.1 Å². The van der Waals surface area contributed by atoms with E-state index in [9.17, 15) is 9.59 Å². The third-order valence-electron chi connectivity index (χ3n) is 7.53. The largest absolute Gasteiger partial charge is 0.377 e. The summed E-state index contributed by atoms with van der Waals surface area (Å²) in [6.45, 7) is 4.85. The quantitative estimate of drug-likeness (QED) is 0.513. The van der Waals surface area contributed by atoms with Gasteiger partial charge in [0, 0.05) is 49.9 Å². The Morgan fingerprint density at radius 2 is 1.59 bits per heavy atom. The van der Waals surface area contributed by atoms with Crippen molar-refractivity contribution in [2.75, 3.05) is 24.3 Å². The molecule has 1 aromatic carbocycles. The summed E-state index contributed by atoms with van der Waals surface area (Å²) in [6, 6.07) is 6.50. The number of anilines is 2. The van der Waals surface area contributed by atoms with Crippen molar-refractivity contribution in [3.63, 3.8) is 0 Å². The first kappa shape index (κ1) is 24.6. The van der Waals surface area contributed by atoms with Crippen LogP contribution in [0.5, 0.6) is 0 Å². The number of benzene rings is 1. The maximum absolute atomic E-state index is 13.6. The Morgan fingerprint density at radius 1 is 0.969 bits per heavy atom. The van der Waals surface area contributed by atoms with Crippen LogP contribution in [0.15, 0.2) is 18.2 Å². The molecule has 0 aliphatic heterocycles. The Hall–Kier alpha value is -2.04. The van der Waals surface area contributed by atoms with Crippen LogP contribution in [0.1, 0.15) is 90.0 Å². The predicted molar refractivity (Wildman–Crippen MR) is 133 cm³/mol. The highest BCUT2D eigenvalue weighted by Crippen LogP contribution is 2.31. The minimum atomic E-state index is 0.0879. The van der Waals surface area contributed by atoms with Gasteiger partial charge in [-0.1, -0.05) is 46.0 Å². The molecule has 5 heteroatoms. The predicted octanol–water partition coefficient (Wildman–Crippen LogP) is 5.98. The summed E-state index contributed by atoms with van der Waals surface area (Å²) >= 11 is 0. The maximum atomic E-state index is 13.6. The second kappa shape index (κ2) is 11.7. The van der Waals surface area contributed by atoms with Crippen molar-refractivity contribution >= 4 is 23.2 Å². The molecule has 2 aliphatic carbocycles. The first-order chi connectivity index (χ1) is 15.4. The molecule has 0 bridgehead atoms. The van der Waals surface area contributed by atoms with Crippen LogP contribution in [0.25, 0.3) is 0 Å². The first-order valence-corrected chi connectivity index (χ1v) is 12.9. The molecule has 32 heavy (non-hydrogen) atoms. The maximum Gasteiger partial charge on any atom is 0.227 e. The second-order valence-electron chi connectivity index (χ2n) is 9.98. The number of carbonyl (C=O) groups excluding carboxylic acids is 2. The van der Waals surface area contributed by atoms with Gasteiger partial charge in [0.15, 0.2) is 0 Å². The molecule has 2 fully saturated rings. The summed E-state index contributed by atoms with van der Waals surface area (Å²) in [7, 11) is 4.09. The Labute approximate surface area is 194 Å². The number of amides is 2. The average molecular weight is 442 g/mol. The van der Waals surface area contributed by atoms with E-state index in [0.29, 0.717) is 18.5 Å². The number of nitrogens with zero attached hydrogens (tertiary/aromatic N) is 2. The Balaban J connectivity index is 1.86. The lowest BCUT2D eigenvalue weighted by Crippen LogP contribution is -2.44. The fraction of sp³-hybridized carbons (Fsp3) is 0.704. The second-order valence-corrected chi connectivity index (χ2v) is 9.98. The van der Waals surface area contributed by atoms with Crippen molar-refractivity contribution in [1.29, 1.82) is 0 Å². The minimum Gasteiger partial charge on any atom is -0.377 e. The molecule has 1 N–H and O–H groups in total. The third-order valence-corrected chi connectivity index (χ3v) is 7.53. The number of hydrogen-bond donors (Lipinski definition) is 1. The lowest BCUT2D eigenvalue weighted by atomic mass is 9.91. The Bertz CT molecular complexity index is 760. The van der Waals surface area contributed by atoms with Crippen LogP contribution in [-0.2, 0) is 16.1 Å². The molecule has 1 aromatic rings. The van der Waals surface area contributed by atoms with E-state index in [4.69, 9.17) is 0 Å². The molecule has 5 nitrogen and oxygen atoms in total. The molecule has 0 spiro atoms. The number of carbonyl (C=O) groups is 2. The average Bonchev–Trinajstić information content (AvgIpc) is 3.34. The number of hydrogen-bond acceptors (Lipinski definition) is 3. The molecular formula is C27H43N3O2. The van der Waals surface area contributed by atoms with E-state index in [1.807, 2.05) is 20.2 Å². The topological polar surface area (TPSA) is 52.7 Å². The van der Waals surface area contributed by atoms with Gasteiger partial charge in [-0.2, -0.15) is 0 Å². The van der Waals surface area contributed by atoms with Crippen LogP contribution in [0.3, 0.4) is 0 Å². The molecule has 178 valence electrons. The monoisotopic (exact) mass is 441 g/mol. The minimum absolute atomic E-state index is 0.0879. The van der Waals surface area contributed by atoms with Crippen molar-refractivity contribution in [3.05, 3.63) is 23.8 Å². The van der Waals surface area contributed by atoms with E-state index >= 15 is 0 Å². The van der Waals surface area contributed by atoms with E-state index < -0.39 is 0 Å². The SMILES string of the molecule is CCC(CC)C(=O)N(Cc1cc(NC(=O)C2CCCC2)ccc1N(C)C)C1CCCCC1. The van der Waals surface area contributed by atoms with Crippen molar-refractivity contribution in [3.8, 4) is 0 Å². The fourth-order valence-electron chi connectivity index (χ4n) is 5.49. The molecule has 2 amide bonds. The molecule has 2 saturated carbocycles. The van der Waals surface area contributed by atoms with Crippen LogP contribution in [0, 0.1) is 11.8 Å². The van der Waals surface area contributed by atoms with Crippen LogP contribution in [-0.4, -0.2) is 36.9 Å². The van der Waals surface area contributed by atoms with Gasteiger partial charge in [0.05, 0.1) is 0 Å². The third kappa shape index (κ3) is 6.05. The lowest BCUT2D eigenvalue weighted by molar-refractivity contribution is -0.139. The van der Waals surface area contributed by atoms with Gasteiger partial charge < -0.3 is 15.1 Å². The van der Waals surface area contributed by atoms with Crippen LogP contribution in [0.4, 0.5) is 11.4 Å². The molecule has 0 saturated heterocycles. The number of nitrogens with one attached hydrogen (secondary N) is 1. The van der Waals surface area contributed by atoms with E-state index in [1.54, 1.807) is 0 Å². The Kier molecular flexibility index (Phi) is 9.01. The van der Waals surface area contributed by atoms with E-state index in [-0.39, 0.29) is 17.7 Å². The summed E-state index contributed by atoms with van der Waals surface area (Å²) in [5, 5.41) is 3.16. The van der Waals surface area contributed by atoms with Gasteiger partial charge >= 0.3 is 0 Å². The summed E-state index contributed by atoms with van der Waals surface area (Å²) in [6.07, 6.45) is 11.9. The van der Waals surface area contributed by atoms with Gasteiger partial charge in [-0.25, -0.2) is 0 Å². The van der Waals surface area contributed by atoms with Crippen molar-refractivity contribution in [1.82, 2.24) is 4.90 Å². The van der Waals surface area contributed by atoms with Gasteiger partial charge in [0.25, 0.3) is 0 Å². The van der Waals surface area contributed by atoms with Gasteiger partial charge in [-0.3, -0.25) is 9.59 Å². The highest BCUT2D eigenvalue weighted by molar-refractivity contribution is 5.93. The number of rotatable bonds is 9. The smallest absolute Gasteiger partial charge is 0.227 e. The summed E-state index contributed by atoms with van der Waals surface area (Å²) in [5.74, 6) is 0.669. The van der Waals surface area contributed by atoms with Gasteiger partial charge in [0.2, 0.25) is 11.8 Å². The summed E-state index contributed by atoms with van der Waals surface area (Å²) in [4.78, 5) is 30.6. The molecular weight excluding hydrogens is 398 g/mol. The van der Waals surface area contributed by atoms with Crippen LogP contribution >= 0.6 is 0 Å². The molecule has 0 unspecified atom stereocenters. The van der Waals surface area contributed by atoms with E-state index in [0.717, 1.165) is 68.3 Å². The Morgan fingerprint density at radius 3 is 2.19 bits per heavy atom. The molecule has 0 heterocycles. The lowest BCUT2D eigenvalue weighted by Gasteiger charge is -2.37. The van der Waals surface area contributed by atoms with Crippen LogP contribution in [0.2, 0.25) is 0 Å². The van der Waals surface area contributed by atoms with E-state index in [1.165, 1.54) is 19.3 Å².